The third-order valence-corrected chi connectivity index (χ3v) is 7.46. The van der Waals surface area contributed by atoms with Gasteiger partial charge in [-0.25, -0.2) is 4.99 Å². The SMILES string of the molecule is COc1ccc(CN2C(=O)/C(=C/c3ccc(Sc4ccc(Cl)cc4)o3)SC2=Nc2ccccc2)cc1. The van der Waals surface area contributed by atoms with E-state index in [0.29, 0.717) is 27.4 Å². The Bertz CT molecular complexity index is 1420. The summed E-state index contributed by atoms with van der Waals surface area (Å²) in [6.45, 7) is 0.397. The normalized spacial score (nSPS) is 15.7. The van der Waals surface area contributed by atoms with Gasteiger partial charge in [-0.2, -0.15) is 0 Å². The summed E-state index contributed by atoms with van der Waals surface area (Å²) in [4.78, 5) is 21.5. The minimum Gasteiger partial charge on any atom is -0.497 e. The lowest BCUT2D eigenvalue weighted by Crippen LogP contribution is -2.28. The van der Waals surface area contributed by atoms with Crippen LogP contribution in [0.25, 0.3) is 6.08 Å². The first-order valence-electron chi connectivity index (χ1n) is 11.1. The van der Waals surface area contributed by atoms with Gasteiger partial charge in [0, 0.05) is 16.0 Å². The van der Waals surface area contributed by atoms with Gasteiger partial charge in [-0.3, -0.25) is 9.69 Å². The molecule has 1 aliphatic heterocycles. The second-order valence-electron chi connectivity index (χ2n) is 7.79. The molecule has 1 saturated heterocycles. The van der Waals surface area contributed by atoms with Crippen molar-refractivity contribution in [2.75, 3.05) is 7.11 Å². The summed E-state index contributed by atoms with van der Waals surface area (Å²) in [6.07, 6.45) is 1.77. The zero-order chi connectivity index (χ0) is 24.9. The summed E-state index contributed by atoms with van der Waals surface area (Å²) in [5.74, 6) is 1.26. The molecule has 0 spiro atoms. The second kappa shape index (κ2) is 11.1. The summed E-state index contributed by atoms with van der Waals surface area (Å²) in [5.41, 5.74) is 1.76. The van der Waals surface area contributed by atoms with Crippen molar-refractivity contribution in [3.63, 3.8) is 0 Å². The Kier molecular flexibility index (Phi) is 7.51. The van der Waals surface area contributed by atoms with E-state index in [0.717, 1.165) is 27.0 Å². The van der Waals surface area contributed by atoms with Crippen LogP contribution in [0, 0.1) is 0 Å². The number of thioether (sulfide) groups is 1. The smallest absolute Gasteiger partial charge is 0.267 e. The number of halogens is 1. The van der Waals surface area contributed by atoms with E-state index in [-0.39, 0.29) is 5.91 Å². The highest BCUT2D eigenvalue weighted by Gasteiger charge is 2.33. The van der Waals surface area contributed by atoms with Crippen LogP contribution in [0.15, 0.2) is 115 Å². The van der Waals surface area contributed by atoms with E-state index in [1.165, 1.54) is 23.5 Å². The lowest BCUT2D eigenvalue weighted by Gasteiger charge is -2.16. The lowest BCUT2D eigenvalue weighted by atomic mass is 10.2. The zero-order valence-electron chi connectivity index (χ0n) is 19.3. The molecule has 1 fully saturated rings. The van der Waals surface area contributed by atoms with Gasteiger partial charge in [-0.15, -0.1) is 0 Å². The van der Waals surface area contributed by atoms with Gasteiger partial charge in [0.2, 0.25) is 0 Å². The second-order valence-corrected chi connectivity index (χ2v) is 10.3. The summed E-state index contributed by atoms with van der Waals surface area (Å²) in [7, 11) is 1.63. The van der Waals surface area contributed by atoms with Crippen molar-refractivity contribution < 1.29 is 13.9 Å². The molecule has 1 amide bonds. The van der Waals surface area contributed by atoms with Gasteiger partial charge in [0.25, 0.3) is 5.91 Å². The number of ether oxygens (including phenoxy) is 1. The van der Waals surface area contributed by atoms with E-state index < -0.39 is 0 Å². The van der Waals surface area contributed by atoms with Crippen LogP contribution in [0.2, 0.25) is 5.02 Å². The number of carbonyl (C=O) groups excluding carboxylic acids is 1. The molecule has 180 valence electrons. The number of para-hydroxylation sites is 1. The predicted molar refractivity (Wildman–Crippen MR) is 147 cm³/mol. The number of methoxy groups -OCH3 is 1. The summed E-state index contributed by atoms with van der Waals surface area (Å²) in [5, 5.41) is 2.04. The van der Waals surface area contributed by atoms with Crippen molar-refractivity contribution in [2.45, 2.75) is 16.5 Å². The van der Waals surface area contributed by atoms with Gasteiger partial charge in [-0.05, 0) is 78.0 Å². The highest BCUT2D eigenvalue weighted by atomic mass is 35.5. The minimum atomic E-state index is -0.117. The van der Waals surface area contributed by atoms with Gasteiger partial charge in [0.05, 0.1) is 24.2 Å². The molecule has 5 rings (SSSR count). The number of amidine groups is 1. The Balaban J connectivity index is 1.40. The molecule has 4 aromatic rings. The van der Waals surface area contributed by atoms with Crippen LogP contribution >= 0.6 is 35.1 Å². The average molecular weight is 533 g/mol. The van der Waals surface area contributed by atoms with Gasteiger partial charge in [0.15, 0.2) is 10.3 Å². The molecule has 3 aromatic carbocycles. The van der Waals surface area contributed by atoms with Crippen LogP contribution in [-0.2, 0) is 11.3 Å². The molecule has 1 aliphatic rings. The van der Waals surface area contributed by atoms with E-state index in [1.807, 2.05) is 91.0 Å². The Morgan fingerprint density at radius 2 is 1.75 bits per heavy atom. The number of furan rings is 1. The number of hydrogen-bond acceptors (Lipinski definition) is 6. The van der Waals surface area contributed by atoms with Gasteiger partial charge < -0.3 is 9.15 Å². The van der Waals surface area contributed by atoms with Gasteiger partial charge in [-0.1, -0.05) is 53.7 Å². The Morgan fingerprint density at radius 3 is 2.47 bits per heavy atom. The fourth-order valence-corrected chi connectivity index (χ4v) is 5.35. The number of benzene rings is 3. The van der Waals surface area contributed by atoms with Crippen molar-refractivity contribution in [2.24, 2.45) is 4.99 Å². The van der Waals surface area contributed by atoms with Crippen molar-refractivity contribution >= 4 is 58.0 Å². The molecule has 0 atom stereocenters. The van der Waals surface area contributed by atoms with Crippen molar-refractivity contribution in [1.29, 1.82) is 0 Å². The maximum atomic E-state index is 13.4. The van der Waals surface area contributed by atoms with Crippen LogP contribution in [0.1, 0.15) is 11.3 Å². The van der Waals surface area contributed by atoms with Crippen LogP contribution in [-0.4, -0.2) is 23.1 Å². The lowest BCUT2D eigenvalue weighted by molar-refractivity contribution is -0.122. The number of rotatable bonds is 7. The molecule has 36 heavy (non-hydrogen) atoms. The van der Waals surface area contributed by atoms with Crippen molar-refractivity contribution in [3.05, 3.63) is 112 Å². The number of hydrogen-bond donors (Lipinski definition) is 0. The molecule has 0 aliphatic carbocycles. The topological polar surface area (TPSA) is 55.0 Å². The fourth-order valence-electron chi connectivity index (χ4n) is 3.47. The highest BCUT2D eigenvalue weighted by molar-refractivity contribution is 8.18. The summed E-state index contributed by atoms with van der Waals surface area (Å²) in [6, 6.07) is 28.6. The van der Waals surface area contributed by atoms with Crippen LogP contribution < -0.4 is 4.74 Å². The maximum Gasteiger partial charge on any atom is 0.267 e. The predicted octanol–water partition coefficient (Wildman–Crippen LogP) is 7.90. The fraction of sp³-hybridized carbons (Fsp3) is 0.0714. The first-order valence-corrected chi connectivity index (χ1v) is 13.1. The first-order chi connectivity index (χ1) is 17.6. The maximum absolute atomic E-state index is 13.4. The molecule has 0 N–H and O–H groups in total. The van der Waals surface area contributed by atoms with E-state index in [1.54, 1.807) is 18.1 Å². The highest BCUT2D eigenvalue weighted by Crippen LogP contribution is 2.37. The number of aliphatic imine (C=N–C) groups is 1. The first kappa shape index (κ1) is 24.3. The third kappa shape index (κ3) is 5.87. The van der Waals surface area contributed by atoms with Crippen molar-refractivity contribution in [3.8, 4) is 5.75 Å². The van der Waals surface area contributed by atoms with Crippen LogP contribution in [0.4, 0.5) is 5.69 Å². The molecule has 0 unspecified atom stereocenters. The Labute approximate surface area is 222 Å². The largest absolute Gasteiger partial charge is 0.497 e. The van der Waals surface area contributed by atoms with E-state index in [9.17, 15) is 4.79 Å². The Hall–Kier alpha value is -3.39. The number of amides is 1. The molecular formula is C28H21ClN2O3S2. The average Bonchev–Trinajstić information content (AvgIpc) is 3.46. The minimum absolute atomic E-state index is 0.117. The molecule has 5 nitrogen and oxygen atoms in total. The summed E-state index contributed by atoms with van der Waals surface area (Å²) >= 11 is 8.81. The third-order valence-electron chi connectivity index (χ3n) is 5.28. The molecule has 0 bridgehead atoms. The molecule has 0 radical (unpaired) electrons. The number of nitrogens with zero attached hydrogens (tertiary/aromatic N) is 2. The molecule has 2 heterocycles. The quantitative estimate of drug-likeness (QED) is 0.226. The molecule has 1 aromatic heterocycles. The Morgan fingerprint density at radius 1 is 1.00 bits per heavy atom. The monoisotopic (exact) mass is 532 g/mol. The van der Waals surface area contributed by atoms with Crippen LogP contribution in [0.3, 0.4) is 0 Å². The molecular weight excluding hydrogens is 512 g/mol. The van der Waals surface area contributed by atoms with Crippen LogP contribution in [0.5, 0.6) is 5.75 Å². The standard InChI is InChI=1S/C28H21ClN2O3S2/c1-33-22-11-7-19(8-12-22)18-31-27(32)25(36-28(31)30-21-5-3-2-4-6-21)17-23-13-16-26(34-23)35-24-14-9-20(29)10-15-24/h2-17H,18H2,1H3/b25-17-,30-28?. The summed E-state index contributed by atoms with van der Waals surface area (Å²) < 4.78 is 11.2. The zero-order valence-corrected chi connectivity index (χ0v) is 21.6. The van der Waals surface area contributed by atoms with Gasteiger partial charge in [0.1, 0.15) is 11.5 Å². The van der Waals surface area contributed by atoms with E-state index >= 15 is 0 Å². The van der Waals surface area contributed by atoms with E-state index in [4.69, 9.17) is 25.7 Å². The van der Waals surface area contributed by atoms with Gasteiger partial charge >= 0.3 is 0 Å². The van der Waals surface area contributed by atoms with E-state index in [2.05, 4.69) is 0 Å². The molecule has 8 heteroatoms. The molecule has 0 saturated carbocycles. The number of carbonyl (C=O) groups is 1. The van der Waals surface area contributed by atoms with Crippen molar-refractivity contribution in [1.82, 2.24) is 4.90 Å².